The first-order chi connectivity index (χ1) is 13.7. The van der Waals surface area contributed by atoms with Gasteiger partial charge in [0.1, 0.15) is 12.4 Å². The van der Waals surface area contributed by atoms with Crippen molar-refractivity contribution in [3.63, 3.8) is 0 Å². The Morgan fingerprint density at radius 1 is 1.14 bits per heavy atom. The second-order valence-electron chi connectivity index (χ2n) is 6.99. The Morgan fingerprint density at radius 3 is 2.61 bits per heavy atom. The first kappa shape index (κ1) is 19.9. The summed E-state index contributed by atoms with van der Waals surface area (Å²) in [6, 6.07) is 12.0. The van der Waals surface area contributed by atoms with Gasteiger partial charge in [-0.1, -0.05) is 17.8 Å². The van der Waals surface area contributed by atoms with Crippen LogP contribution in [0.15, 0.2) is 54.2 Å². The lowest BCUT2D eigenvalue weighted by Gasteiger charge is -2.32. The van der Waals surface area contributed by atoms with Crippen molar-refractivity contribution in [3.05, 3.63) is 60.3 Å². The van der Waals surface area contributed by atoms with E-state index in [-0.39, 0.29) is 0 Å². The van der Waals surface area contributed by atoms with Crippen LogP contribution in [0.3, 0.4) is 0 Å². The van der Waals surface area contributed by atoms with Crippen molar-refractivity contribution >= 4 is 12.0 Å². The molecular weight excluding hydrogens is 352 g/mol. The van der Waals surface area contributed by atoms with Gasteiger partial charge in [0, 0.05) is 13.1 Å². The number of hydrogen-bond acceptors (Lipinski definition) is 6. The maximum Gasteiger partial charge on any atom is 0.151 e. The third kappa shape index (κ3) is 6.08. The standard InChI is InChI=1S/C22H28N4O2/c1-3-15-28-23-17-20-5-7-21(8-6-20)27-16-12-19-10-13-26(14-11-19)22-9-4-18(2)24-25-22/h3-9,17,19H,1,10-16H2,2H3. The van der Waals surface area contributed by atoms with Crippen LogP contribution in [0.5, 0.6) is 5.75 Å². The summed E-state index contributed by atoms with van der Waals surface area (Å²) >= 11 is 0. The minimum absolute atomic E-state index is 0.412. The lowest BCUT2D eigenvalue weighted by Crippen LogP contribution is -2.34. The quantitative estimate of drug-likeness (QED) is 0.285. The van der Waals surface area contributed by atoms with Crippen molar-refractivity contribution in [3.8, 4) is 5.75 Å². The fourth-order valence-electron chi connectivity index (χ4n) is 3.20. The van der Waals surface area contributed by atoms with E-state index in [2.05, 4.69) is 32.9 Å². The highest BCUT2D eigenvalue weighted by Gasteiger charge is 2.20. The number of ether oxygens (including phenoxy) is 1. The molecule has 6 heteroatoms. The number of benzene rings is 1. The van der Waals surface area contributed by atoms with Gasteiger partial charge in [-0.25, -0.2) is 0 Å². The Balaban J connectivity index is 1.36. The molecule has 0 unspecified atom stereocenters. The molecule has 1 aromatic heterocycles. The van der Waals surface area contributed by atoms with Gasteiger partial charge in [0.05, 0.1) is 18.5 Å². The van der Waals surface area contributed by atoms with Gasteiger partial charge in [-0.3, -0.25) is 0 Å². The van der Waals surface area contributed by atoms with Gasteiger partial charge in [0.25, 0.3) is 0 Å². The average Bonchev–Trinajstić information content (AvgIpc) is 2.73. The minimum atomic E-state index is 0.412. The van der Waals surface area contributed by atoms with Crippen LogP contribution < -0.4 is 9.64 Å². The lowest BCUT2D eigenvalue weighted by molar-refractivity contribution is 0.176. The molecule has 1 aliphatic rings. The molecule has 2 aromatic rings. The molecule has 1 aromatic carbocycles. The van der Waals surface area contributed by atoms with Crippen molar-refractivity contribution in [2.75, 3.05) is 31.2 Å². The second kappa shape index (κ2) is 10.4. The number of nitrogens with zero attached hydrogens (tertiary/aromatic N) is 4. The monoisotopic (exact) mass is 380 g/mol. The van der Waals surface area contributed by atoms with E-state index in [1.807, 2.05) is 37.3 Å². The van der Waals surface area contributed by atoms with E-state index in [0.29, 0.717) is 12.5 Å². The predicted octanol–water partition coefficient (Wildman–Crippen LogP) is 4.01. The first-order valence-electron chi connectivity index (χ1n) is 9.79. The topological polar surface area (TPSA) is 59.8 Å². The zero-order valence-electron chi connectivity index (χ0n) is 16.5. The molecule has 0 saturated carbocycles. The van der Waals surface area contributed by atoms with Crippen LogP contribution in [0.1, 0.15) is 30.5 Å². The molecule has 0 amide bonds. The first-order valence-corrected chi connectivity index (χ1v) is 9.79. The Morgan fingerprint density at radius 2 is 1.93 bits per heavy atom. The largest absolute Gasteiger partial charge is 0.494 e. The van der Waals surface area contributed by atoms with Crippen LogP contribution >= 0.6 is 0 Å². The summed E-state index contributed by atoms with van der Waals surface area (Å²) in [4.78, 5) is 7.32. The molecule has 0 radical (unpaired) electrons. The SMILES string of the molecule is C=CCON=Cc1ccc(OCCC2CCN(c3ccc(C)nn3)CC2)cc1. The summed E-state index contributed by atoms with van der Waals surface area (Å²) in [6.45, 7) is 8.75. The van der Waals surface area contributed by atoms with E-state index >= 15 is 0 Å². The Kier molecular flexibility index (Phi) is 7.41. The normalized spacial score (nSPS) is 15.0. The number of oxime groups is 1. The van der Waals surface area contributed by atoms with E-state index < -0.39 is 0 Å². The van der Waals surface area contributed by atoms with Gasteiger partial charge in [0.2, 0.25) is 0 Å². The van der Waals surface area contributed by atoms with Crippen molar-refractivity contribution < 1.29 is 9.57 Å². The van der Waals surface area contributed by atoms with E-state index in [4.69, 9.17) is 9.57 Å². The molecule has 6 nitrogen and oxygen atoms in total. The van der Waals surface area contributed by atoms with Crippen LogP contribution in [-0.4, -0.2) is 42.7 Å². The van der Waals surface area contributed by atoms with E-state index in [9.17, 15) is 0 Å². The van der Waals surface area contributed by atoms with Gasteiger partial charge < -0.3 is 14.5 Å². The third-order valence-electron chi connectivity index (χ3n) is 4.87. The molecule has 0 bridgehead atoms. The molecular formula is C22H28N4O2. The van der Waals surface area contributed by atoms with Crippen LogP contribution in [0, 0.1) is 12.8 Å². The summed E-state index contributed by atoms with van der Waals surface area (Å²) < 4.78 is 5.91. The van der Waals surface area contributed by atoms with Crippen LogP contribution in [0.25, 0.3) is 0 Å². The number of aryl methyl sites for hydroxylation is 1. The fraction of sp³-hybridized carbons (Fsp3) is 0.409. The fourth-order valence-corrected chi connectivity index (χ4v) is 3.20. The maximum absolute atomic E-state index is 5.91. The highest BCUT2D eigenvalue weighted by molar-refractivity contribution is 5.79. The van der Waals surface area contributed by atoms with Gasteiger partial charge in [0.15, 0.2) is 5.82 Å². The Hall–Kier alpha value is -2.89. The van der Waals surface area contributed by atoms with E-state index in [1.54, 1.807) is 12.3 Å². The maximum atomic E-state index is 5.91. The molecule has 2 heterocycles. The molecule has 1 aliphatic heterocycles. The number of rotatable bonds is 9. The van der Waals surface area contributed by atoms with Crippen molar-refractivity contribution in [2.45, 2.75) is 26.2 Å². The second-order valence-corrected chi connectivity index (χ2v) is 6.99. The summed E-state index contributed by atoms with van der Waals surface area (Å²) in [5, 5.41) is 12.3. The van der Waals surface area contributed by atoms with Crippen LogP contribution in [0.4, 0.5) is 5.82 Å². The molecule has 28 heavy (non-hydrogen) atoms. The van der Waals surface area contributed by atoms with Crippen LogP contribution in [0.2, 0.25) is 0 Å². The number of hydrogen-bond donors (Lipinski definition) is 0. The molecule has 1 fully saturated rings. The van der Waals surface area contributed by atoms with E-state index in [0.717, 1.165) is 48.9 Å². The van der Waals surface area contributed by atoms with Crippen molar-refractivity contribution in [1.29, 1.82) is 0 Å². The minimum Gasteiger partial charge on any atom is -0.494 e. The highest BCUT2D eigenvalue weighted by Crippen LogP contribution is 2.24. The molecule has 1 saturated heterocycles. The third-order valence-corrected chi connectivity index (χ3v) is 4.87. The summed E-state index contributed by atoms with van der Waals surface area (Å²) in [7, 11) is 0. The summed E-state index contributed by atoms with van der Waals surface area (Å²) in [5.41, 5.74) is 1.93. The van der Waals surface area contributed by atoms with Crippen molar-refractivity contribution in [2.24, 2.45) is 11.1 Å². The zero-order valence-corrected chi connectivity index (χ0v) is 16.5. The number of piperidine rings is 1. The summed E-state index contributed by atoms with van der Waals surface area (Å²) in [6.07, 6.45) is 6.75. The Labute approximate surface area is 166 Å². The number of anilines is 1. The van der Waals surface area contributed by atoms with Gasteiger partial charge in [-0.05, 0) is 74.1 Å². The Bertz CT molecular complexity index is 751. The van der Waals surface area contributed by atoms with Gasteiger partial charge in [-0.2, -0.15) is 5.10 Å². The van der Waals surface area contributed by atoms with E-state index in [1.165, 1.54) is 12.8 Å². The van der Waals surface area contributed by atoms with Crippen molar-refractivity contribution in [1.82, 2.24) is 10.2 Å². The smallest absolute Gasteiger partial charge is 0.151 e. The van der Waals surface area contributed by atoms with Crippen LogP contribution in [-0.2, 0) is 4.84 Å². The molecule has 0 atom stereocenters. The van der Waals surface area contributed by atoms with Gasteiger partial charge in [-0.15, -0.1) is 5.10 Å². The van der Waals surface area contributed by atoms with Gasteiger partial charge >= 0.3 is 0 Å². The lowest BCUT2D eigenvalue weighted by atomic mass is 9.94. The predicted molar refractivity (Wildman–Crippen MR) is 112 cm³/mol. The molecule has 3 rings (SSSR count). The molecule has 0 N–H and O–H groups in total. The summed E-state index contributed by atoms with van der Waals surface area (Å²) in [5.74, 6) is 2.57. The molecule has 0 spiro atoms. The molecule has 148 valence electrons. The highest BCUT2D eigenvalue weighted by atomic mass is 16.6. The zero-order chi connectivity index (χ0) is 19.6. The number of aromatic nitrogens is 2. The molecule has 0 aliphatic carbocycles. The average molecular weight is 380 g/mol.